The van der Waals surface area contributed by atoms with Gasteiger partial charge < -0.3 is 5.11 Å². The Hall–Kier alpha value is -0.340. The molecular formula is C11H14BrO. The van der Waals surface area contributed by atoms with Crippen LogP contribution in [0, 0.1) is 5.92 Å². The van der Waals surface area contributed by atoms with Crippen LogP contribution < -0.4 is 0 Å². The minimum Gasteiger partial charge on any atom is -0.395 e. The van der Waals surface area contributed by atoms with Gasteiger partial charge in [0.15, 0.2) is 0 Å². The third-order valence-corrected chi connectivity index (χ3v) is 3.09. The van der Waals surface area contributed by atoms with E-state index in [-0.39, 0.29) is 6.61 Å². The molecule has 0 heterocycles. The lowest BCUT2D eigenvalue weighted by Crippen LogP contribution is -2.02. The van der Waals surface area contributed by atoms with Gasteiger partial charge in [0.25, 0.3) is 0 Å². The van der Waals surface area contributed by atoms with Gasteiger partial charge in [0.2, 0.25) is 0 Å². The zero-order valence-corrected chi connectivity index (χ0v) is 9.56. The largest absolute Gasteiger partial charge is 0.395 e. The van der Waals surface area contributed by atoms with E-state index in [1.165, 1.54) is 5.56 Å². The molecule has 0 amide bonds. The molecule has 0 aromatic heterocycles. The molecule has 0 saturated heterocycles. The summed E-state index contributed by atoms with van der Waals surface area (Å²) in [6.45, 7) is 4.18. The van der Waals surface area contributed by atoms with Gasteiger partial charge in [-0.2, -0.15) is 0 Å². The van der Waals surface area contributed by atoms with E-state index in [1.807, 2.05) is 19.1 Å². The second kappa shape index (κ2) is 4.77. The molecule has 1 radical (unpaired) electrons. The van der Waals surface area contributed by atoms with Crippen LogP contribution in [0.15, 0.2) is 22.7 Å². The number of hydrogen-bond donors (Lipinski definition) is 1. The van der Waals surface area contributed by atoms with Gasteiger partial charge in [0, 0.05) is 10.4 Å². The monoisotopic (exact) mass is 241 g/mol. The first kappa shape index (κ1) is 10.7. The Morgan fingerprint density at radius 3 is 2.69 bits per heavy atom. The highest BCUT2D eigenvalue weighted by Gasteiger charge is 2.10. The van der Waals surface area contributed by atoms with Crippen molar-refractivity contribution < 1.29 is 5.11 Å². The van der Waals surface area contributed by atoms with Crippen molar-refractivity contribution >= 4 is 15.9 Å². The molecule has 13 heavy (non-hydrogen) atoms. The Labute approximate surface area is 87.9 Å². The number of rotatable bonds is 3. The van der Waals surface area contributed by atoms with Crippen LogP contribution in [0.2, 0.25) is 0 Å². The molecule has 0 fully saturated rings. The number of aryl methyl sites for hydroxylation is 1. The van der Waals surface area contributed by atoms with Crippen LogP contribution in [-0.2, 0) is 6.42 Å². The molecule has 71 valence electrons. The van der Waals surface area contributed by atoms with Crippen LogP contribution in [0.4, 0.5) is 0 Å². The molecule has 0 spiro atoms. The lowest BCUT2D eigenvalue weighted by atomic mass is 9.99. The molecule has 1 rings (SSSR count). The lowest BCUT2D eigenvalue weighted by molar-refractivity contribution is 0.314. The fraction of sp³-hybridized carbons (Fsp3) is 0.364. The highest BCUT2D eigenvalue weighted by molar-refractivity contribution is 9.10. The molecule has 0 unspecified atom stereocenters. The first-order chi connectivity index (χ1) is 6.20. The maximum absolute atomic E-state index is 9.02. The van der Waals surface area contributed by atoms with E-state index in [0.717, 1.165) is 22.4 Å². The second-order valence-corrected chi connectivity index (χ2v) is 3.86. The molecule has 0 aliphatic carbocycles. The summed E-state index contributed by atoms with van der Waals surface area (Å²) < 4.78 is 1.11. The van der Waals surface area contributed by atoms with Crippen molar-refractivity contribution in [3.05, 3.63) is 39.7 Å². The standard InChI is InChI=1S/C11H14BrO/c1-3-9-5-4-6-10(11(9)12)8(2)7-13/h4-6,13H,3,7H2,1-2H3. The smallest absolute Gasteiger partial charge is 0.0535 e. The van der Waals surface area contributed by atoms with Crippen molar-refractivity contribution in [3.63, 3.8) is 0 Å². The Morgan fingerprint density at radius 2 is 2.15 bits per heavy atom. The molecule has 0 aliphatic rings. The van der Waals surface area contributed by atoms with Crippen LogP contribution >= 0.6 is 15.9 Å². The molecule has 1 N–H and O–H groups in total. The maximum atomic E-state index is 9.02. The predicted molar refractivity (Wildman–Crippen MR) is 58.6 cm³/mol. The van der Waals surface area contributed by atoms with Crippen LogP contribution in [0.3, 0.4) is 0 Å². The number of benzene rings is 1. The molecule has 1 nitrogen and oxygen atoms in total. The van der Waals surface area contributed by atoms with Crippen LogP contribution in [0.25, 0.3) is 0 Å². The van der Waals surface area contributed by atoms with E-state index in [4.69, 9.17) is 5.11 Å². The molecule has 1 aromatic carbocycles. The molecule has 0 saturated carbocycles. The Balaban J connectivity index is 3.08. The van der Waals surface area contributed by atoms with Gasteiger partial charge >= 0.3 is 0 Å². The molecule has 2 heteroatoms. The minimum absolute atomic E-state index is 0.117. The van der Waals surface area contributed by atoms with Gasteiger partial charge in [-0.15, -0.1) is 0 Å². The average molecular weight is 242 g/mol. The topological polar surface area (TPSA) is 20.2 Å². The van der Waals surface area contributed by atoms with Crippen LogP contribution in [0.1, 0.15) is 25.0 Å². The molecule has 1 aromatic rings. The molecule has 0 aliphatic heterocycles. The highest BCUT2D eigenvalue weighted by atomic mass is 79.9. The van der Waals surface area contributed by atoms with E-state index in [9.17, 15) is 0 Å². The second-order valence-electron chi connectivity index (χ2n) is 3.07. The van der Waals surface area contributed by atoms with E-state index in [0.29, 0.717) is 0 Å². The maximum Gasteiger partial charge on any atom is 0.0535 e. The van der Waals surface area contributed by atoms with E-state index in [1.54, 1.807) is 0 Å². The summed E-state index contributed by atoms with van der Waals surface area (Å²) in [5.41, 5.74) is 2.40. The van der Waals surface area contributed by atoms with Gasteiger partial charge in [-0.1, -0.05) is 48.0 Å². The van der Waals surface area contributed by atoms with Crippen molar-refractivity contribution in [1.82, 2.24) is 0 Å². The Kier molecular flexibility index (Phi) is 3.94. The molecular weight excluding hydrogens is 228 g/mol. The number of halogens is 1. The van der Waals surface area contributed by atoms with Crippen molar-refractivity contribution in [2.45, 2.75) is 20.3 Å². The Bertz CT molecular complexity index is 283. The van der Waals surface area contributed by atoms with E-state index < -0.39 is 0 Å². The van der Waals surface area contributed by atoms with Crippen LogP contribution in [-0.4, -0.2) is 11.7 Å². The summed E-state index contributed by atoms with van der Waals surface area (Å²) in [5.74, 6) is 1.00. The van der Waals surface area contributed by atoms with Crippen molar-refractivity contribution in [1.29, 1.82) is 0 Å². The normalized spacial score (nSPS) is 10.8. The van der Waals surface area contributed by atoms with E-state index >= 15 is 0 Å². The quantitative estimate of drug-likeness (QED) is 0.863. The van der Waals surface area contributed by atoms with Gasteiger partial charge in [-0.25, -0.2) is 0 Å². The van der Waals surface area contributed by atoms with Gasteiger partial charge in [-0.05, 0) is 17.5 Å². The number of aliphatic hydroxyl groups excluding tert-OH is 1. The molecule has 0 bridgehead atoms. The SMILES string of the molecule is CCc1cccc([C](C)CO)c1Br. The average Bonchev–Trinajstić information content (AvgIpc) is 2.17. The summed E-state index contributed by atoms with van der Waals surface area (Å²) in [7, 11) is 0. The molecule has 0 atom stereocenters. The van der Waals surface area contributed by atoms with Gasteiger partial charge in [-0.3, -0.25) is 0 Å². The van der Waals surface area contributed by atoms with Gasteiger partial charge in [0.05, 0.1) is 6.61 Å². The number of aliphatic hydroxyl groups is 1. The van der Waals surface area contributed by atoms with Gasteiger partial charge in [0.1, 0.15) is 0 Å². The fourth-order valence-corrected chi connectivity index (χ4v) is 2.15. The Morgan fingerprint density at radius 1 is 1.46 bits per heavy atom. The minimum atomic E-state index is 0.117. The predicted octanol–water partition coefficient (Wildman–Crippen LogP) is 2.95. The first-order valence-corrected chi connectivity index (χ1v) is 5.21. The van der Waals surface area contributed by atoms with Crippen molar-refractivity contribution in [2.75, 3.05) is 6.61 Å². The van der Waals surface area contributed by atoms with E-state index in [2.05, 4.69) is 28.9 Å². The summed E-state index contributed by atoms with van der Waals surface area (Å²) in [5, 5.41) is 9.02. The number of hydrogen-bond acceptors (Lipinski definition) is 1. The lowest BCUT2D eigenvalue weighted by Gasteiger charge is -2.12. The van der Waals surface area contributed by atoms with Crippen LogP contribution in [0.5, 0.6) is 0 Å². The third kappa shape index (κ3) is 2.32. The zero-order chi connectivity index (χ0) is 9.84. The third-order valence-electron chi connectivity index (χ3n) is 2.16. The first-order valence-electron chi connectivity index (χ1n) is 4.41. The summed E-state index contributed by atoms with van der Waals surface area (Å²) in [4.78, 5) is 0. The summed E-state index contributed by atoms with van der Waals surface area (Å²) in [6, 6.07) is 6.14. The fourth-order valence-electron chi connectivity index (χ4n) is 1.27. The zero-order valence-electron chi connectivity index (χ0n) is 7.97. The summed E-state index contributed by atoms with van der Waals surface area (Å²) >= 11 is 3.55. The van der Waals surface area contributed by atoms with Crippen molar-refractivity contribution in [3.8, 4) is 0 Å². The van der Waals surface area contributed by atoms with Crippen molar-refractivity contribution in [2.24, 2.45) is 0 Å². The highest BCUT2D eigenvalue weighted by Crippen LogP contribution is 2.27. The summed E-state index contributed by atoms with van der Waals surface area (Å²) in [6.07, 6.45) is 1.01.